The summed E-state index contributed by atoms with van der Waals surface area (Å²) in [7, 11) is 0. The summed E-state index contributed by atoms with van der Waals surface area (Å²) in [5.74, 6) is -3.39. The number of para-hydroxylation sites is 3. The summed E-state index contributed by atoms with van der Waals surface area (Å²) in [5, 5.41) is 5.30. The first-order valence-corrected chi connectivity index (χ1v) is 8.54. The molecular weight excluding hydrogens is 369 g/mol. The molecule has 4 nitrogen and oxygen atoms in total. The van der Waals surface area contributed by atoms with Crippen LogP contribution in [0.4, 0.5) is 24.5 Å². The monoisotopic (exact) mass is 386 g/mol. The van der Waals surface area contributed by atoms with Crippen LogP contribution in [0, 0.1) is 17.5 Å². The molecule has 1 amide bonds. The van der Waals surface area contributed by atoms with Crippen molar-refractivity contribution in [3.63, 3.8) is 0 Å². The molecule has 3 rings (SSSR count). The first-order valence-electron chi connectivity index (χ1n) is 8.54. The standard InChI is InChI=1S/C21H17F3N2O2/c22-15-10-11-17(21(24)20(15)23)25-13-12-19(27)26-16-8-4-5-9-18(16)28-14-6-2-1-3-7-14/h1-11,25H,12-13H2,(H,26,27). The lowest BCUT2D eigenvalue weighted by Crippen LogP contribution is -2.17. The average Bonchev–Trinajstić information content (AvgIpc) is 2.70. The number of carbonyl (C=O) groups is 1. The van der Waals surface area contributed by atoms with Gasteiger partial charge in [0.15, 0.2) is 23.2 Å². The summed E-state index contributed by atoms with van der Waals surface area (Å²) in [4.78, 5) is 12.2. The largest absolute Gasteiger partial charge is 0.455 e. The van der Waals surface area contributed by atoms with E-state index in [-0.39, 0.29) is 24.6 Å². The predicted octanol–water partition coefficient (Wildman–Crippen LogP) is 5.34. The number of hydrogen-bond donors (Lipinski definition) is 2. The van der Waals surface area contributed by atoms with Gasteiger partial charge in [0.05, 0.1) is 11.4 Å². The van der Waals surface area contributed by atoms with Crippen LogP contribution < -0.4 is 15.4 Å². The third-order valence-corrected chi connectivity index (χ3v) is 3.83. The highest BCUT2D eigenvalue weighted by atomic mass is 19.2. The number of anilines is 2. The third-order valence-electron chi connectivity index (χ3n) is 3.83. The number of hydrogen-bond acceptors (Lipinski definition) is 3. The van der Waals surface area contributed by atoms with Gasteiger partial charge in [-0.15, -0.1) is 0 Å². The molecule has 0 aliphatic rings. The van der Waals surface area contributed by atoms with Crippen LogP contribution in [0.5, 0.6) is 11.5 Å². The van der Waals surface area contributed by atoms with Crippen LogP contribution in [0.25, 0.3) is 0 Å². The Balaban J connectivity index is 1.58. The van der Waals surface area contributed by atoms with E-state index in [0.29, 0.717) is 17.2 Å². The minimum absolute atomic E-state index is 0.0158. The predicted molar refractivity (Wildman–Crippen MR) is 101 cm³/mol. The summed E-state index contributed by atoms with van der Waals surface area (Å²) >= 11 is 0. The molecule has 28 heavy (non-hydrogen) atoms. The van der Waals surface area contributed by atoms with Crippen molar-refractivity contribution in [2.45, 2.75) is 6.42 Å². The Hall–Kier alpha value is -3.48. The maximum absolute atomic E-state index is 13.6. The second-order valence-electron chi connectivity index (χ2n) is 5.86. The molecule has 0 aliphatic heterocycles. The van der Waals surface area contributed by atoms with Crippen molar-refractivity contribution in [3.05, 3.63) is 84.2 Å². The van der Waals surface area contributed by atoms with E-state index >= 15 is 0 Å². The molecule has 0 aliphatic carbocycles. The molecule has 0 fully saturated rings. The zero-order valence-electron chi connectivity index (χ0n) is 14.7. The zero-order valence-corrected chi connectivity index (χ0v) is 14.7. The lowest BCUT2D eigenvalue weighted by Gasteiger charge is -2.13. The molecule has 7 heteroatoms. The third kappa shape index (κ3) is 4.82. The van der Waals surface area contributed by atoms with Crippen LogP contribution in [-0.2, 0) is 4.79 Å². The van der Waals surface area contributed by atoms with Gasteiger partial charge in [-0.2, -0.15) is 0 Å². The van der Waals surface area contributed by atoms with E-state index in [4.69, 9.17) is 4.74 Å². The van der Waals surface area contributed by atoms with Crippen molar-refractivity contribution in [1.82, 2.24) is 0 Å². The number of carbonyl (C=O) groups excluding carboxylic acids is 1. The van der Waals surface area contributed by atoms with Gasteiger partial charge in [0, 0.05) is 13.0 Å². The van der Waals surface area contributed by atoms with Crippen LogP contribution in [0.1, 0.15) is 6.42 Å². The van der Waals surface area contributed by atoms with E-state index in [2.05, 4.69) is 10.6 Å². The van der Waals surface area contributed by atoms with Crippen molar-refractivity contribution in [2.24, 2.45) is 0 Å². The van der Waals surface area contributed by atoms with Gasteiger partial charge < -0.3 is 15.4 Å². The molecule has 0 saturated heterocycles. The van der Waals surface area contributed by atoms with Gasteiger partial charge in [0.1, 0.15) is 5.75 Å². The second kappa shape index (κ2) is 8.94. The average molecular weight is 386 g/mol. The van der Waals surface area contributed by atoms with Crippen molar-refractivity contribution < 1.29 is 22.7 Å². The van der Waals surface area contributed by atoms with Gasteiger partial charge in [-0.25, -0.2) is 13.2 Å². The van der Waals surface area contributed by atoms with Crippen molar-refractivity contribution >= 4 is 17.3 Å². The molecule has 0 heterocycles. The molecular formula is C21H17F3N2O2. The lowest BCUT2D eigenvalue weighted by molar-refractivity contribution is -0.116. The number of nitrogens with one attached hydrogen (secondary N) is 2. The first kappa shape index (κ1) is 19.3. The molecule has 3 aromatic rings. The first-order chi connectivity index (χ1) is 13.5. The fourth-order valence-electron chi connectivity index (χ4n) is 2.46. The highest BCUT2D eigenvalue weighted by molar-refractivity contribution is 5.92. The smallest absolute Gasteiger partial charge is 0.226 e. The van der Waals surface area contributed by atoms with Crippen molar-refractivity contribution in [1.29, 1.82) is 0 Å². The molecule has 2 N–H and O–H groups in total. The summed E-state index contributed by atoms with van der Waals surface area (Å²) in [5.41, 5.74) is 0.273. The van der Waals surface area contributed by atoms with Crippen molar-refractivity contribution in [2.75, 3.05) is 17.2 Å². The van der Waals surface area contributed by atoms with Crippen LogP contribution in [0.3, 0.4) is 0 Å². The molecule has 0 bridgehead atoms. The Morgan fingerprint density at radius 1 is 0.821 bits per heavy atom. The summed E-state index contributed by atoms with van der Waals surface area (Å²) in [6.45, 7) is 0.0372. The van der Waals surface area contributed by atoms with Crippen molar-refractivity contribution in [3.8, 4) is 11.5 Å². The molecule has 0 saturated carbocycles. The Kier molecular flexibility index (Phi) is 6.16. The van der Waals surface area contributed by atoms with Gasteiger partial charge in [-0.3, -0.25) is 4.79 Å². The van der Waals surface area contributed by atoms with E-state index in [9.17, 15) is 18.0 Å². The summed E-state index contributed by atoms with van der Waals surface area (Å²) in [6, 6.07) is 18.0. The highest BCUT2D eigenvalue weighted by Gasteiger charge is 2.13. The van der Waals surface area contributed by atoms with Crippen LogP contribution in [0.15, 0.2) is 66.7 Å². The van der Waals surface area contributed by atoms with Gasteiger partial charge in [-0.1, -0.05) is 30.3 Å². The Bertz CT molecular complexity index is 965. The maximum atomic E-state index is 13.6. The van der Waals surface area contributed by atoms with Crippen LogP contribution in [0.2, 0.25) is 0 Å². The Morgan fingerprint density at radius 2 is 1.54 bits per heavy atom. The van der Waals surface area contributed by atoms with Gasteiger partial charge in [-0.05, 0) is 36.4 Å². The number of rotatable bonds is 7. The molecule has 0 unspecified atom stereocenters. The van der Waals surface area contributed by atoms with Crippen LogP contribution >= 0.6 is 0 Å². The van der Waals surface area contributed by atoms with E-state index in [1.54, 1.807) is 36.4 Å². The topological polar surface area (TPSA) is 50.4 Å². The Morgan fingerprint density at radius 3 is 2.32 bits per heavy atom. The zero-order chi connectivity index (χ0) is 19.9. The van der Waals surface area contributed by atoms with Gasteiger partial charge in [0.2, 0.25) is 5.91 Å². The fraction of sp³-hybridized carbons (Fsp3) is 0.0952. The van der Waals surface area contributed by atoms with Gasteiger partial charge in [0.25, 0.3) is 0 Å². The molecule has 0 atom stereocenters. The van der Waals surface area contributed by atoms with E-state index < -0.39 is 17.5 Å². The number of amides is 1. The normalized spacial score (nSPS) is 10.4. The Labute approximate surface area is 160 Å². The van der Waals surface area contributed by atoms with Gasteiger partial charge >= 0.3 is 0 Å². The minimum atomic E-state index is -1.55. The molecule has 144 valence electrons. The van der Waals surface area contributed by atoms with E-state index in [0.717, 1.165) is 12.1 Å². The fourth-order valence-corrected chi connectivity index (χ4v) is 2.46. The minimum Gasteiger partial charge on any atom is -0.455 e. The number of ether oxygens (including phenoxy) is 1. The lowest BCUT2D eigenvalue weighted by atomic mass is 10.2. The molecule has 3 aromatic carbocycles. The van der Waals surface area contributed by atoms with E-state index in [1.807, 2.05) is 18.2 Å². The molecule has 0 radical (unpaired) electrons. The quantitative estimate of drug-likeness (QED) is 0.539. The maximum Gasteiger partial charge on any atom is 0.226 e. The highest BCUT2D eigenvalue weighted by Crippen LogP contribution is 2.29. The molecule has 0 aromatic heterocycles. The number of halogens is 3. The number of benzene rings is 3. The summed E-state index contributed by atoms with van der Waals surface area (Å²) in [6.07, 6.45) is -0.0158. The SMILES string of the molecule is O=C(CCNc1ccc(F)c(F)c1F)Nc1ccccc1Oc1ccccc1. The van der Waals surface area contributed by atoms with Crippen LogP contribution in [-0.4, -0.2) is 12.5 Å². The summed E-state index contributed by atoms with van der Waals surface area (Å²) < 4.78 is 45.5. The van der Waals surface area contributed by atoms with E-state index in [1.165, 1.54) is 0 Å². The molecule has 0 spiro atoms. The second-order valence-corrected chi connectivity index (χ2v) is 5.86.